The molecule has 2 N–H and O–H groups in total. The second-order valence-electron chi connectivity index (χ2n) is 6.37. The number of aliphatic hydroxyl groups excluding tert-OH is 1. The molecule has 164 valence electrons. The number of rotatable bonds is 11. The monoisotopic (exact) mass is 428 g/mol. The van der Waals surface area contributed by atoms with Gasteiger partial charge in [0.15, 0.2) is 28.8 Å². The van der Waals surface area contributed by atoms with Crippen molar-refractivity contribution in [3.63, 3.8) is 0 Å². The van der Waals surface area contributed by atoms with E-state index in [4.69, 9.17) is 14.2 Å². The predicted octanol–water partition coefficient (Wildman–Crippen LogP) is 4.89. The molecule has 0 atom stereocenters. The van der Waals surface area contributed by atoms with E-state index >= 15 is 0 Å². The second kappa shape index (κ2) is 12.1. The Morgan fingerprint density at radius 3 is 2.29 bits per heavy atom. The maximum absolute atomic E-state index is 12.2. The van der Waals surface area contributed by atoms with Crippen molar-refractivity contribution >= 4 is 17.9 Å². The van der Waals surface area contributed by atoms with Crippen molar-refractivity contribution in [1.82, 2.24) is 0 Å². The van der Waals surface area contributed by atoms with Crippen LogP contribution in [0.5, 0.6) is 23.0 Å². The zero-order valence-electron chi connectivity index (χ0n) is 17.4. The van der Waals surface area contributed by atoms with Gasteiger partial charge < -0.3 is 24.4 Å². The third kappa shape index (κ3) is 7.54. The van der Waals surface area contributed by atoms with E-state index < -0.39 is 12.5 Å². The molecule has 6 nitrogen and oxygen atoms in total. The average molecular weight is 428 g/mol. The normalized spacial score (nSPS) is 11.8. The van der Waals surface area contributed by atoms with Crippen LogP contribution in [0.2, 0.25) is 0 Å². The van der Waals surface area contributed by atoms with Crippen LogP contribution in [0.25, 0.3) is 12.2 Å². The number of methoxy groups -OCH3 is 2. The molecule has 2 rings (SSSR count). The summed E-state index contributed by atoms with van der Waals surface area (Å²) in [6, 6.07) is 9.82. The van der Waals surface area contributed by atoms with Gasteiger partial charge in [0.1, 0.15) is 5.76 Å². The Kier molecular flexibility index (Phi) is 9.16. The molecule has 0 bridgehead atoms. The van der Waals surface area contributed by atoms with Crippen LogP contribution in [0.1, 0.15) is 17.5 Å². The van der Waals surface area contributed by atoms with Crippen molar-refractivity contribution in [2.45, 2.75) is 6.42 Å². The number of halogens is 1. The van der Waals surface area contributed by atoms with Crippen molar-refractivity contribution < 1.29 is 33.6 Å². The summed E-state index contributed by atoms with van der Waals surface area (Å²) in [7, 11) is 2.93. The fraction of sp³-hybridized carbons (Fsp3) is 0.208. The van der Waals surface area contributed by atoms with E-state index in [1.54, 1.807) is 42.5 Å². The fourth-order valence-electron chi connectivity index (χ4n) is 2.54. The lowest BCUT2D eigenvalue weighted by Crippen LogP contribution is -2.00. The average Bonchev–Trinajstić information content (AvgIpc) is 2.77. The van der Waals surface area contributed by atoms with E-state index in [0.29, 0.717) is 34.8 Å². The van der Waals surface area contributed by atoms with E-state index in [2.05, 4.69) is 0 Å². The quantitative estimate of drug-likeness (QED) is 0.230. The SMILES string of the molecule is COc1cc(/C=C/C(=O)C=C(O)/C=C/c2ccc(OCCCF)c(OC)c2)ccc1O. The highest BCUT2D eigenvalue weighted by Crippen LogP contribution is 2.29. The number of alkyl halides is 1. The van der Waals surface area contributed by atoms with Crippen molar-refractivity contribution in [3.8, 4) is 23.0 Å². The first kappa shape index (κ1) is 23.5. The van der Waals surface area contributed by atoms with Crippen molar-refractivity contribution in [2.24, 2.45) is 0 Å². The van der Waals surface area contributed by atoms with Crippen LogP contribution in [-0.4, -0.2) is 43.5 Å². The van der Waals surface area contributed by atoms with Crippen LogP contribution >= 0.6 is 0 Å². The van der Waals surface area contributed by atoms with Crippen molar-refractivity contribution in [3.05, 3.63) is 71.5 Å². The molecule has 0 aliphatic rings. The van der Waals surface area contributed by atoms with Gasteiger partial charge in [-0.15, -0.1) is 0 Å². The Bertz CT molecular complexity index is 978. The molecule has 7 heteroatoms. The molecular weight excluding hydrogens is 403 g/mol. The van der Waals surface area contributed by atoms with Crippen LogP contribution in [0.4, 0.5) is 4.39 Å². The third-order valence-electron chi connectivity index (χ3n) is 4.10. The summed E-state index contributed by atoms with van der Waals surface area (Å²) in [5, 5.41) is 19.6. The third-order valence-corrected chi connectivity index (χ3v) is 4.10. The maximum atomic E-state index is 12.2. The number of hydrogen-bond acceptors (Lipinski definition) is 6. The summed E-state index contributed by atoms with van der Waals surface area (Å²) in [6.45, 7) is -0.204. The Morgan fingerprint density at radius 2 is 1.61 bits per heavy atom. The molecule has 2 aromatic rings. The first-order chi connectivity index (χ1) is 15.0. The predicted molar refractivity (Wildman–Crippen MR) is 118 cm³/mol. The first-order valence-electron chi connectivity index (χ1n) is 9.51. The van der Waals surface area contributed by atoms with Crippen molar-refractivity contribution in [2.75, 3.05) is 27.5 Å². The molecule has 0 saturated carbocycles. The van der Waals surface area contributed by atoms with Gasteiger partial charge in [0.2, 0.25) is 0 Å². The number of carbonyl (C=O) groups excluding carboxylic acids is 1. The van der Waals surface area contributed by atoms with Crippen LogP contribution in [0.3, 0.4) is 0 Å². The Labute approximate surface area is 180 Å². The molecule has 0 aromatic heterocycles. The summed E-state index contributed by atoms with van der Waals surface area (Å²) >= 11 is 0. The Balaban J connectivity index is 2.02. The Hall–Kier alpha value is -3.74. The highest BCUT2D eigenvalue weighted by Gasteiger charge is 2.05. The fourth-order valence-corrected chi connectivity index (χ4v) is 2.54. The number of phenolic OH excluding ortho intramolecular Hbond substituents is 1. The van der Waals surface area contributed by atoms with Gasteiger partial charge in [0.25, 0.3) is 0 Å². The molecule has 0 radical (unpaired) electrons. The maximum Gasteiger partial charge on any atom is 0.182 e. The highest BCUT2D eigenvalue weighted by atomic mass is 19.1. The largest absolute Gasteiger partial charge is 0.508 e. The van der Waals surface area contributed by atoms with E-state index in [1.807, 2.05) is 0 Å². The molecular formula is C24H25FO6. The molecule has 0 unspecified atom stereocenters. The molecule has 0 saturated heterocycles. The number of ether oxygens (including phenoxy) is 3. The second-order valence-corrected chi connectivity index (χ2v) is 6.37. The van der Waals surface area contributed by atoms with Gasteiger partial charge in [0.05, 0.1) is 27.5 Å². The lowest BCUT2D eigenvalue weighted by atomic mass is 10.1. The number of ketones is 1. The molecule has 0 aliphatic heterocycles. The molecule has 0 heterocycles. The summed E-state index contributed by atoms with van der Waals surface area (Å²) in [4.78, 5) is 12.0. The number of phenols is 1. The van der Waals surface area contributed by atoms with Gasteiger partial charge in [-0.05, 0) is 47.5 Å². The number of allylic oxidation sites excluding steroid dienone is 3. The summed E-state index contributed by atoms with van der Waals surface area (Å²) in [5.41, 5.74) is 1.38. The van der Waals surface area contributed by atoms with Crippen LogP contribution in [-0.2, 0) is 4.79 Å². The minimum atomic E-state index is -0.453. The smallest absolute Gasteiger partial charge is 0.182 e. The summed E-state index contributed by atoms with van der Waals surface area (Å²) in [6.07, 6.45) is 7.21. The first-order valence-corrected chi connectivity index (χ1v) is 9.51. The molecule has 0 amide bonds. The molecule has 2 aromatic carbocycles. The van der Waals surface area contributed by atoms with E-state index in [-0.39, 0.29) is 18.1 Å². The van der Waals surface area contributed by atoms with Gasteiger partial charge in [-0.25, -0.2) is 0 Å². The molecule has 0 aliphatic carbocycles. The van der Waals surface area contributed by atoms with E-state index in [1.165, 1.54) is 32.4 Å². The van der Waals surface area contributed by atoms with Gasteiger partial charge in [-0.1, -0.05) is 24.3 Å². The number of carbonyl (C=O) groups is 1. The summed E-state index contributed by atoms with van der Waals surface area (Å²) in [5.74, 6) is 0.644. The zero-order valence-corrected chi connectivity index (χ0v) is 17.4. The topological polar surface area (TPSA) is 85.2 Å². The van der Waals surface area contributed by atoms with Gasteiger partial charge in [0, 0.05) is 12.5 Å². The summed E-state index contributed by atoms with van der Waals surface area (Å²) < 4.78 is 27.9. The standard InChI is InChI=1S/C24H25FO6/c1-29-23-14-17(6-10-21(23)28)4-8-19(26)16-20(27)9-5-18-7-11-22(24(15-18)30-2)31-13-3-12-25/h4-11,14-16,27-28H,3,12-13H2,1-2H3/b8-4+,9-5+,20-16?. The number of aromatic hydroxyl groups is 1. The highest BCUT2D eigenvalue weighted by molar-refractivity contribution is 6.02. The van der Waals surface area contributed by atoms with Crippen LogP contribution in [0.15, 0.2) is 60.4 Å². The molecule has 0 fully saturated rings. The minimum Gasteiger partial charge on any atom is -0.508 e. The van der Waals surface area contributed by atoms with E-state index in [0.717, 1.165) is 6.08 Å². The number of benzene rings is 2. The Morgan fingerprint density at radius 1 is 0.968 bits per heavy atom. The van der Waals surface area contributed by atoms with Crippen LogP contribution < -0.4 is 14.2 Å². The number of aliphatic hydroxyl groups is 1. The molecule has 0 spiro atoms. The van der Waals surface area contributed by atoms with Gasteiger partial charge in [-0.3, -0.25) is 9.18 Å². The molecule has 31 heavy (non-hydrogen) atoms. The van der Waals surface area contributed by atoms with Gasteiger partial charge >= 0.3 is 0 Å². The zero-order chi connectivity index (χ0) is 22.6. The number of hydrogen-bond donors (Lipinski definition) is 2. The lowest BCUT2D eigenvalue weighted by molar-refractivity contribution is -0.110. The lowest BCUT2D eigenvalue weighted by Gasteiger charge is -2.10. The minimum absolute atomic E-state index is 0.00430. The van der Waals surface area contributed by atoms with E-state index in [9.17, 15) is 19.4 Å². The van der Waals surface area contributed by atoms with Crippen LogP contribution in [0, 0.1) is 0 Å². The van der Waals surface area contributed by atoms with Crippen molar-refractivity contribution in [1.29, 1.82) is 0 Å². The van der Waals surface area contributed by atoms with Gasteiger partial charge in [-0.2, -0.15) is 0 Å².